The van der Waals surface area contributed by atoms with Crippen LogP contribution in [0.3, 0.4) is 0 Å². The van der Waals surface area contributed by atoms with Gasteiger partial charge in [0.2, 0.25) is 0 Å². The number of aromatic nitrogens is 4. The van der Waals surface area contributed by atoms with E-state index < -0.39 is 0 Å². The van der Waals surface area contributed by atoms with Crippen molar-refractivity contribution in [2.24, 2.45) is 0 Å². The Bertz CT molecular complexity index is 996. The Labute approximate surface area is 150 Å². The lowest BCUT2D eigenvalue weighted by Crippen LogP contribution is -2.08. The molecule has 26 heavy (non-hydrogen) atoms. The Morgan fingerprint density at radius 2 is 1.92 bits per heavy atom. The number of methoxy groups -OCH3 is 1. The number of hydrogen-bond donors (Lipinski definition) is 1. The number of para-hydroxylation sites is 1. The first-order valence-electron chi connectivity index (χ1n) is 8.24. The van der Waals surface area contributed by atoms with E-state index in [1.165, 1.54) is 0 Å². The lowest BCUT2D eigenvalue weighted by atomic mass is 10.2. The van der Waals surface area contributed by atoms with E-state index >= 15 is 0 Å². The molecule has 0 saturated heterocycles. The third-order valence-corrected chi connectivity index (χ3v) is 4.20. The van der Waals surface area contributed by atoms with Gasteiger partial charge in [-0.05, 0) is 25.1 Å². The fourth-order valence-corrected chi connectivity index (χ4v) is 2.96. The number of rotatable bonds is 1. The highest BCUT2D eigenvalue weighted by molar-refractivity contribution is 5.82. The van der Waals surface area contributed by atoms with E-state index in [0.717, 1.165) is 11.4 Å². The molecule has 4 rings (SSSR count). The molecule has 0 amide bonds. The number of nitrogen functional groups attached to an aromatic ring is 1. The number of benzene rings is 1. The average molecular weight is 353 g/mol. The van der Waals surface area contributed by atoms with E-state index in [2.05, 4.69) is 15.0 Å². The zero-order valence-corrected chi connectivity index (χ0v) is 14.6. The molecule has 0 radical (unpaired) electrons. The molecule has 8 heteroatoms. The predicted octanol–water partition coefficient (Wildman–Crippen LogP) is 2.10. The summed E-state index contributed by atoms with van der Waals surface area (Å²) in [6, 6.07) is 6.03. The van der Waals surface area contributed by atoms with Crippen LogP contribution >= 0.6 is 0 Å². The van der Waals surface area contributed by atoms with Crippen LogP contribution in [0.1, 0.15) is 11.4 Å². The number of nitrogens with two attached hydrogens (primary N) is 1. The third kappa shape index (κ3) is 2.79. The number of ether oxygens (including phenoxy) is 3. The van der Waals surface area contributed by atoms with Crippen LogP contribution in [0.5, 0.6) is 17.5 Å². The molecule has 8 nitrogen and oxygen atoms in total. The SMILES string of the molecule is COc1c2cccc1OC/C=C\COc1nc(N)c3nc(C)n(c3n1)C2. The minimum atomic E-state index is 0.222. The van der Waals surface area contributed by atoms with Gasteiger partial charge >= 0.3 is 6.01 Å². The van der Waals surface area contributed by atoms with Gasteiger partial charge in [-0.25, -0.2) is 4.98 Å². The molecule has 1 aliphatic heterocycles. The van der Waals surface area contributed by atoms with Crippen LogP contribution < -0.4 is 19.9 Å². The van der Waals surface area contributed by atoms with Gasteiger partial charge in [-0.1, -0.05) is 12.1 Å². The second-order valence-corrected chi connectivity index (χ2v) is 5.85. The lowest BCUT2D eigenvalue weighted by Gasteiger charge is -2.15. The summed E-state index contributed by atoms with van der Waals surface area (Å²) >= 11 is 0. The van der Waals surface area contributed by atoms with Crippen molar-refractivity contribution in [2.75, 3.05) is 26.1 Å². The second-order valence-electron chi connectivity index (χ2n) is 5.85. The van der Waals surface area contributed by atoms with Crippen LogP contribution in [0, 0.1) is 6.92 Å². The van der Waals surface area contributed by atoms with Gasteiger partial charge in [0.15, 0.2) is 28.5 Å². The van der Waals surface area contributed by atoms with E-state index in [4.69, 9.17) is 19.9 Å². The minimum Gasteiger partial charge on any atom is -0.493 e. The highest BCUT2D eigenvalue weighted by Crippen LogP contribution is 2.33. The maximum atomic E-state index is 6.06. The first-order chi connectivity index (χ1) is 12.7. The van der Waals surface area contributed by atoms with E-state index in [9.17, 15) is 0 Å². The fraction of sp³-hybridized carbons (Fsp3) is 0.278. The van der Waals surface area contributed by atoms with E-state index in [1.54, 1.807) is 7.11 Å². The molecular formula is C18H19N5O3. The molecule has 2 aromatic heterocycles. The van der Waals surface area contributed by atoms with Gasteiger partial charge in [-0.2, -0.15) is 9.97 Å². The van der Waals surface area contributed by atoms with E-state index in [0.29, 0.717) is 48.2 Å². The first kappa shape index (κ1) is 16.2. The number of nitrogens with zero attached hydrogens (tertiary/aromatic N) is 4. The maximum absolute atomic E-state index is 6.06. The van der Waals surface area contributed by atoms with Gasteiger partial charge in [-0.15, -0.1) is 0 Å². The van der Waals surface area contributed by atoms with Crippen molar-refractivity contribution >= 4 is 17.0 Å². The van der Waals surface area contributed by atoms with Crippen LogP contribution in [0.2, 0.25) is 0 Å². The van der Waals surface area contributed by atoms with Crippen LogP contribution in [0.4, 0.5) is 5.82 Å². The standard InChI is InChI=1S/C18H19N5O3/c1-11-20-14-16(19)21-18-22-17(14)23(11)10-12-6-5-7-13(15(12)24-2)25-8-3-4-9-26-18/h3-7H,8-10H2,1-2H3,(H2,19,21,22)/b4-3-. The number of hydrogen-bond acceptors (Lipinski definition) is 7. The summed E-state index contributed by atoms with van der Waals surface area (Å²) < 4.78 is 19.0. The highest BCUT2D eigenvalue weighted by Gasteiger charge is 2.18. The molecule has 3 heterocycles. The Morgan fingerprint density at radius 1 is 1.12 bits per heavy atom. The summed E-state index contributed by atoms with van der Waals surface area (Å²) in [7, 11) is 1.63. The normalized spacial score (nSPS) is 15.2. The molecule has 1 aliphatic rings. The monoisotopic (exact) mass is 353 g/mol. The van der Waals surface area contributed by atoms with Gasteiger partial charge in [0, 0.05) is 5.56 Å². The topological polar surface area (TPSA) is 97.3 Å². The summed E-state index contributed by atoms with van der Waals surface area (Å²) in [5.41, 5.74) is 8.19. The predicted molar refractivity (Wildman–Crippen MR) is 96.7 cm³/mol. The summed E-state index contributed by atoms with van der Waals surface area (Å²) in [4.78, 5) is 13.2. The van der Waals surface area contributed by atoms with Crippen molar-refractivity contribution in [3.8, 4) is 17.5 Å². The Kier molecular flexibility index (Phi) is 4.08. The molecular weight excluding hydrogens is 334 g/mol. The third-order valence-electron chi connectivity index (χ3n) is 4.20. The van der Waals surface area contributed by atoms with E-state index in [1.807, 2.05) is 41.8 Å². The number of anilines is 1. The summed E-state index contributed by atoms with van der Waals surface area (Å²) in [6.45, 7) is 3.13. The van der Waals surface area contributed by atoms with Gasteiger partial charge in [0.05, 0.1) is 13.7 Å². The smallest absolute Gasteiger partial charge is 0.320 e. The number of fused-ring (bicyclic) bond motifs is 3. The van der Waals surface area contributed by atoms with Crippen molar-refractivity contribution < 1.29 is 14.2 Å². The quantitative estimate of drug-likeness (QED) is 0.669. The number of aryl methyl sites for hydroxylation is 1. The van der Waals surface area contributed by atoms with Crippen LogP contribution in [0.25, 0.3) is 11.2 Å². The molecule has 3 aromatic rings. The fourth-order valence-electron chi connectivity index (χ4n) is 2.96. The van der Waals surface area contributed by atoms with Crippen LogP contribution in [-0.2, 0) is 6.54 Å². The van der Waals surface area contributed by atoms with Gasteiger partial charge in [0.1, 0.15) is 19.0 Å². The average Bonchev–Trinajstić information content (AvgIpc) is 2.94. The molecule has 4 bridgehead atoms. The van der Waals surface area contributed by atoms with Gasteiger partial charge in [0.25, 0.3) is 0 Å². The second kappa shape index (κ2) is 6.55. The Balaban J connectivity index is 1.92. The van der Waals surface area contributed by atoms with Crippen molar-refractivity contribution in [2.45, 2.75) is 13.5 Å². The minimum absolute atomic E-state index is 0.222. The van der Waals surface area contributed by atoms with Gasteiger partial charge < -0.3 is 24.5 Å². The highest BCUT2D eigenvalue weighted by atomic mass is 16.5. The van der Waals surface area contributed by atoms with Crippen LogP contribution in [0.15, 0.2) is 30.4 Å². The Morgan fingerprint density at radius 3 is 2.73 bits per heavy atom. The summed E-state index contributed by atoms with van der Waals surface area (Å²) in [5, 5.41) is 0. The van der Waals surface area contributed by atoms with Gasteiger partial charge in [-0.3, -0.25) is 0 Å². The summed E-state index contributed by atoms with van der Waals surface area (Å²) in [5.74, 6) is 2.45. The van der Waals surface area contributed by atoms with Crippen LogP contribution in [-0.4, -0.2) is 39.8 Å². The molecule has 0 unspecified atom stereocenters. The molecule has 2 N–H and O–H groups in total. The number of imidazole rings is 1. The zero-order chi connectivity index (χ0) is 18.1. The maximum Gasteiger partial charge on any atom is 0.320 e. The largest absolute Gasteiger partial charge is 0.493 e. The molecule has 0 fully saturated rings. The first-order valence-corrected chi connectivity index (χ1v) is 8.24. The molecule has 0 saturated carbocycles. The van der Waals surface area contributed by atoms with Crippen molar-refractivity contribution in [1.29, 1.82) is 0 Å². The molecule has 134 valence electrons. The zero-order valence-electron chi connectivity index (χ0n) is 14.6. The molecule has 0 spiro atoms. The molecule has 1 aromatic carbocycles. The Hall–Kier alpha value is -3.29. The van der Waals surface area contributed by atoms with Crippen molar-refractivity contribution in [3.05, 3.63) is 41.7 Å². The lowest BCUT2D eigenvalue weighted by molar-refractivity contribution is 0.317. The molecule has 0 aliphatic carbocycles. The van der Waals surface area contributed by atoms with Crippen molar-refractivity contribution in [1.82, 2.24) is 19.5 Å². The van der Waals surface area contributed by atoms with E-state index in [-0.39, 0.29) is 6.01 Å². The van der Waals surface area contributed by atoms with Crippen molar-refractivity contribution in [3.63, 3.8) is 0 Å². The summed E-state index contributed by atoms with van der Waals surface area (Å²) in [6.07, 6.45) is 3.71. The molecule has 0 atom stereocenters.